The highest BCUT2D eigenvalue weighted by Crippen LogP contribution is 2.21. The van der Waals surface area contributed by atoms with E-state index in [-0.39, 0.29) is 35.6 Å². The normalized spacial score (nSPS) is 10.9. The molecule has 1 aromatic heterocycles. The average Bonchev–Trinajstić information content (AvgIpc) is 2.99. The number of benzene rings is 1. The van der Waals surface area contributed by atoms with E-state index in [1.54, 1.807) is 12.1 Å². The predicted octanol–water partition coefficient (Wildman–Crippen LogP) is 2.98. The third-order valence-electron chi connectivity index (χ3n) is 3.90. The van der Waals surface area contributed by atoms with Crippen molar-refractivity contribution in [3.63, 3.8) is 0 Å². The van der Waals surface area contributed by atoms with Crippen LogP contribution in [0.1, 0.15) is 37.9 Å². The first-order chi connectivity index (χ1) is 13.1. The van der Waals surface area contributed by atoms with Crippen molar-refractivity contribution in [2.45, 2.75) is 33.1 Å². The maximum Gasteiger partial charge on any atom is 0.191 e. The van der Waals surface area contributed by atoms with Crippen LogP contribution < -0.4 is 16.4 Å². The van der Waals surface area contributed by atoms with Crippen molar-refractivity contribution in [1.82, 2.24) is 20.4 Å². The van der Waals surface area contributed by atoms with Crippen molar-refractivity contribution in [3.05, 3.63) is 41.3 Å². The number of anilines is 1. The summed E-state index contributed by atoms with van der Waals surface area (Å²) in [5.41, 5.74) is 7.69. The highest BCUT2D eigenvalue weighted by Gasteiger charge is 2.16. The van der Waals surface area contributed by atoms with Gasteiger partial charge in [0.2, 0.25) is 0 Å². The molecule has 2 aromatic rings. The second kappa shape index (κ2) is 12.2. The van der Waals surface area contributed by atoms with Gasteiger partial charge in [0.25, 0.3) is 0 Å². The lowest BCUT2D eigenvalue weighted by Crippen LogP contribution is -2.38. The van der Waals surface area contributed by atoms with Gasteiger partial charge in [-0.15, -0.1) is 24.0 Å². The molecule has 0 saturated heterocycles. The largest absolute Gasteiger partial charge is 0.382 e. The molecular weight excluding hydrogens is 472 g/mol. The van der Waals surface area contributed by atoms with Crippen LogP contribution in [0.2, 0.25) is 0 Å². The Labute approximate surface area is 182 Å². The summed E-state index contributed by atoms with van der Waals surface area (Å²) >= 11 is 0. The van der Waals surface area contributed by atoms with Gasteiger partial charge in [-0.1, -0.05) is 6.92 Å². The molecule has 0 bridgehead atoms. The lowest BCUT2D eigenvalue weighted by atomic mass is 10.1. The number of aryl methyl sites for hydroxylation is 1. The summed E-state index contributed by atoms with van der Waals surface area (Å²) in [6.45, 7) is 6.37. The topological polar surface area (TPSA) is 104 Å². The number of aliphatic imine (C=N–C) groups is 1. The van der Waals surface area contributed by atoms with Crippen LogP contribution in [0, 0.1) is 17.1 Å². The van der Waals surface area contributed by atoms with Gasteiger partial charge in [0.15, 0.2) is 5.96 Å². The fraction of sp³-hybridized carbons (Fsp3) is 0.421. The van der Waals surface area contributed by atoms with Gasteiger partial charge >= 0.3 is 0 Å². The Kier molecular flexibility index (Phi) is 10.3. The summed E-state index contributed by atoms with van der Waals surface area (Å²) in [7, 11) is 0. The van der Waals surface area contributed by atoms with E-state index in [4.69, 9.17) is 5.73 Å². The van der Waals surface area contributed by atoms with Crippen LogP contribution in [0.3, 0.4) is 0 Å². The SMILES string of the molecule is CCCN=C(NCC)NCCCc1nn(-c2ccc(F)cc2)c(N)c1C#N.I. The molecule has 0 aliphatic carbocycles. The van der Waals surface area contributed by atoms with E-state index in [2.05, 4.69) is 33.7 Å². The van der Waals surface area contributed by atoms with Crippen molar-refractivity contribution >= 4 is 35.8 Å². The number of rotatable bonds is 8. The summed E-state index contributed by atoms with van der Waals surface area (Å²) in [6, 6.07) is 7.96. The molecule has 0 spiro atoms. The maximum atomic E-state index is 13.1. The monoisotopic (exact) mass is 499 g/mol. The minimum absolute atomic E-state index is 0. The number of aromatic nitrogens is 2. The molecule has 2 rings (SSSR count). The summed E-state index contributed by atoms with van der Waals surface area (Å²) in [6.07, 6.45) is 2.36. The number of nitrogen functional groups attached to an aromatic ring is 1. The molecule has 0 fully saturated rings. The Morgan fingerprint density at radius 2 is 2.00 bits per heavy atom. The number of nitrogens with two attached hydrogens (primary N) is 1. The molecule has 0 amide bonds. The van der Waals surface area contributed by atoms with Crippen molar-refractivity contribution in [2.24, 2.45) is 4.99 Å². The highest BCUT2D eigenvalue weighted by molar-refractivity contribution is 14.0. The van der Waals surface area contributed by atoms with Gasteiger partial charge in [-0.05, 0) is 50.5 Å². The minimum atomic E-state index is -0.336. The molecule has 0 aliphatic rings. The van der Waals surface area contributed by atoms with Gasteiger partial charge in [0, 0.05) is 19.6 Å². The van der Waals surface area contributed by atoms with E-state index in [0.29, 0.717) is 29.9 Å². The molecule has 7 nitrogen and oxygen atoms in total. The zero-order chi connectivity index (χ0) is 19.6. The molecule has 28 heavy (non-hydrogen) atoms. The average molecular weight is 499 g/mol. The van der Waals surface area contributed by atoms with Crippen LogP contribution in [0.4, 0.5) is 10.2 Å². The van der Waals surface area contributed by atoms with E-state index in [1.165, 1.54) is 16.8 Å². The van der Waals surface area contributed by atoms with Crippen LogP contribution in [-0.4, -0.2) is 35.4 Å². The third kappa shape index (κ3) is 6.37. The van der Waals surface area contributed by atoms with Gasteiger partial charge in [0.05, 0.1) is 11.4 Å². The van der Waals surface area contributed by atoms with Crippen LogP contribution in [0.5, 0.6) is 0 Å². The summed E-state index contributed by atoms with van der Waals surface area (Å²) < 4.78 is 14.6. The molecule has 9 heteroatoms. The zero-order valence-corrected chi connectivity index (χ0v) is 18.5. The van der Waals surface area contributed by atoms with Crippen LogP contribution in [0.15, 0.2) is 29.3 Å². The summed E-state index contributed by atoms with van der Waals surface area (Å²) in [5, 5.41) is 20.3. The highest BCUT2D eigenvalue weighted by atomic mass is 127. The van der Waals surface area contributed by atoms with Crippen molar-refractivity contribution in [1.29, 1.82) is 5.26 Å². The zero-order valence-electron chi connectivity index (χ0n) is 16.2. The van der Waals surface area contributed by atoms with Crippen LogP contribution in [0.25, 0.3) is 5.69 Å². The van der Waals surface area contributed by atoms with E-state index in [1.807, 2.05) is 6.92 Å². The van der Waals surface area contributed by atoms with Crippen LogP contribution >= 0.6 is 24.0 Å². The fourth-order valence-electron chi connectivity index (χ4n) is 2.58. The molecule has 1 heterocycles. The number of nitrogens with zero attached hydrogens (tertiary/aromatic N) is 4. The lowest BCUT2D eigenvalue weighted by molar-refractivity contribution is 0.627. The van der Waals surface area contributed by atoms with Crippen molar-refractivity contribution in [3.8, 4) is 11.8 Å². The maximum absolute atomic E-state index is 13.1. The lowest BCUT2D eigenvalue weighted by Gasteiger charge is -2.10. The first-order valence-corrected chi connectivity index (χ1v) is 9.16. The minimum Gasteiger partial charge on any atom is -0.382 e. The predicted molar refractivity (Wildman–Crippen MR) is 121 cm³/mol. The standard InChI is InChI=1S/C19H26FN7.HI/c1-3-11-24-19(23-4-2)25-12-5-6-17-16(13-21)18(22)27(26-17)15-9-7-14(20)8-10-15;/h7-10H,3-6,11-12,22H2,1-2H3,(H2,23,24,25);1H. The molecule has 0 aliphatic heterocycles. The number of guanidine groups is 1. The van der Waals surface area contributed by atoms with Gasteiger partial charge < -0.3 is 16.4 Å². The van der Waals surface area contributed by atoms with Gasteiger partial charge in [-0.25, -0.2) is 9.07 Å². The van der Waals surface area contributed by atoms with E-state index in [0.717, 1.165) is 31.9 Å². The summed E-state index contributed by atoms with van der Waals surface area (Å²) in [4.78, 5) is 4.45. The Hall–Kier alpha value is -2.35. The van der Waals surface area contributed by atoms with Gasteiger partial charge in [0.1, 0.15) is 23.3 Å². The van der Waals surface area contributed by atoms with Gasteiger partial charge in [-0.3, -0.25) is 4.99 Å². The second-order valence-corrected chi connectivity index (χ2v) is 6.00. The number of hydrogen-bond donors (Lipinski definition) is 3. The molecule has 0 unspecified atom stereocenters. The molecule has 4 N–H and O–H groups in total. The summed E-state index contributed by atoms with van der Waals surface area (Å²) in [5.74, 6) is 0.721. The van der Waals surface area contributed by atoms with Crippen molar-refractivity contribution < 1.29 is 4.39 Å². The van der Waals surface area contributed by atoms with E-state index < -0.39 is 0 Å². The van der Waals surface area contributed by atoms with Gasteiger partial charge in [-0.2, -0.15) is 10.4 Å². The molecule has 0 radical (unpaired) electrons. The Morgan fingerprint density at radius 1 is 1.29 bits per heavy atom. The van der Waals surface area contributed by atoms with Crippen molar-refractivity contribution in [2.75, 3.05) is 25.4 Å². The van der Waals surface area contributed by atoms with Crippen LogP contribution in [-0.2, 0) is 6.42 Å². The number of nitriles is 1. The first-order valence-electron chi connectivity index (χ1n) is 9.16. The first kappa shape index (κ1) is 23.7. The van der Waals surface area contributed by atoms with E-state index in [9.17, 15) is 9.65 Å². The number of nitrogens with one attached hydrogen (secondary N) is 2. The number of hydrogen-bond acceptors (Lipinski definition) is 4. The molecular formula is C19H27FIN7. The molecule has 0 atom stereocenters. The number of halogens is 2. The Bertz CT molecular complexity index is 809. The second-order valence-electron chi connectivity index (χ2n) is 6.00. The smallest absolute Gasteiger partial charge is 0.191 e. The Balaban J connectivity index is 0.00000392. The third-order valence-corrected chi connectivity index (χ3v) is 3.90. The fourth-order valence-corrected chi connectivity index (χ4v) is 2.58. The quantitative estimate of drug-likeness (QED) is 0.224. The Morgan fingerprint density at radius 3 is 2.61 bits per heavy atom. The van der Waals surface area contributed by atoms with E-state index >= 15 is 0 Å². The molecule has 1 aromatic carbocycles. The molecule has 0 saturated carbocycles. The molecule has 152 valence electrons.